The number of benzene rings is 1. The Balaban J connectivity index is 1.65. The fourth-order valence-electron chi connectivity index (χ4n) is 1.93. The molecule has 0 aromatic heterocycles. The molecule has 1 saturated carbocycles. The van der Waals surface area contributed by atoms with Gasteiger partial charge >= 0.3 is 5.97 Å². The summed E-state index contributed by atoms with van der Waals surface area (Å²) in [5.74, 6) is -2.42. The summed E-state index contributed by atoms with van der Waals surface area (Å²) in [4.78, 5) is 33.8. The molecule has 0 saturated heterocycles. The van der Waals surface area contributed by atoms with Crippen LogP contribution < -0.4 is 10.6 Å². The predicted octanol–water partition coefficient (Wildman–Crippen LogP) is 0.852. The highest BCUT2D eigenvalue weighted by Gasteiger charge is 2.48. The molecule has 1 aliphatic rings. The minimum Gasteiger partial charge on any atom is -0.481 e. The van der Waals surface area contributed by atoms with Gasteiger partial charge in [-0.15, -0.1) is 0 Å². The molecule has 0 bridgehead atoms. The third-order valence-corrected chi connectivity index (χ3v) is 3.15. The van der Waals surface area contributed by atoms with E-state index < -0.39 is 17.8 Å². The Hall–Kier alpha value is -2.37. The van der Waals surface area contributed by atoms with E-state index in [9.17, 15) is 14.4 Å². The van der Waals surface area contributed by atoms with Crippen molar-refractivity contribution in [1.82, 2.24) is 5.32 Å². The van der Waals surface area contributed by atoms with Gasteiger partial charge in [0, 0.05) is 18.7 Å². The van der Waals surface area contributed by atoms with E-state index in [1.807, 2.05) is 18.2 Å². The molecule has 1 fully saturated rings. The Labute approximate surface area is 116 Å². The number of carbonyl (C=O) groups is 3. The van der Waals surface area contributed by atoms with Crippen LogP contribution in [0.5, 0.6) is 0 Å². The fourth-order valence-corrected chi connectivity index (χ4v) is 1.93. The topological polar surface area (TPSA) is 95.5 Å². The highest BCUT2D eigenvalue weighted by Crippen LogP contribution is 2.38. The predicted molar refractivity (Wildman–Crippen MR) is 71.9 cm³/mol. The minimum absolute atomic E-state index is 0.158. The lowest BCUT2D eigenvalue weighted by atomic mass is 10.3. The Morgan fingerprint density at radius 2 is 1.85 bits per heavy atom. The second-order valence-electron chi connectivity index (χ2n) is 4.74. The van der Waals surface area contributed by atoms with Gasteiger partial charge in [-0.05, 0) is 18.6 Å². The first-order valence-electron chi connectivity index (χ1n) is 6.43. The van der Waals surface area contributed by atoms with E-state index in [4.69, 9.17) is 5.11 Å². The van der Waals surface area contributed by atoms with Crippen LogP contribution in [0.15, 0.2) is 30.3 Å². The molecule has 1 aromatic carbocycles. The summed E-state index contributed by atoms with van der Waals surface area (Å²) in [6, 6.07) is 9.04. The third-order valence-electron chi connectivity index (χ3n) is 3.15. The van der Waals surface area contributed by atoms with Crippen molar-refractivity contribution >= 4 is 23.5 Å². The van der Waals surface area contributed by atoms with Crippen molar-refractivity contribution in [3.63, 3.8) is 0 Å². The van der Waals surface area contributed by atoms with Crippen LogP contribution in [0.2, 0.25) is 0 Å². The second-order valence-corrected chi connectivity index (χ2v) is 4.74. The summed E-state index contributed by atoms with van der Waals surface area (Å²) in [5.41, 5.74) is 0.706. The van der Waals surface area contributed by atoms with Crippen LogP contribution in [0.3, 0.4) is 0 Å². The number of nitrogens with one attached hydrogen (secondary N) is 2. The SMILES string of the molecule is O=C(CCNC(=O)C1CC1C(=O)O)Nc1ccccc1. The van der Waals surface area contributed by atoms with Gasteiger partial charge in [-0.1, -0.05) is 18.2 Å². The zero-order chi connectivity index (χ0) is 14.5. The minimum atomic E-state index is -0.938. The fraction of sp³-hybridized carbons (Fsp3) is 0.357. The maximum Gasteiger partial charge on any atom is 0.307 e. The lowest BCUT2D eigenvalue weighted by Gasteiger charge is -2.06. The number of rotatable bonds is 6. The maximum absolute atomic E-state index is 11.6. The van der Waals surface area contributed by atoms with Crippen LogP contribution >= 0.6 is 0 Å². The van der Waals surface area contributed by atoms with Crippen LogP contribution in [0, 0.1) is 11.8 Å². The molecule has 0 aliphatic heterocycles. The molecule has 0 heterocycles. The van der Waals surface area contributed by atoms with Gasteiger partial charge in [-0.25, -0.2) is 0 Å². The molecular formula is C14H16N2O4. The smallest absolute Gasteiger partial charge is 0.307 e. The first-order chi connectivity index (χ1) is 9.58. The Bertz CT molecular complexity index is 515. The standard InChI is InChI=1S/C14H16N2O4/c17-12(16-9-4-2-1-3-5-9)6-7-15-13(18)10-8-11(10)14(19)20/h1-5,10-11H,6-8H2,(H,15,18)(H,16,17)(H,19,20). The Morgan fingerprint density at radius 1 is 1.15 bits per heavy atom. The lowest BCUT2D eigenvalue weighted by molar-refractivity contribution is -0.140. The number of carboxylic acid groups (broad SMARTS) is 1. The zero-order valence-corrected chi connectivity index (χ0v) is 10.8. The number of carbonyl (C=O) groups excluding carboxylic acids is 2. The van der Waals surface area contributed by atoms with Crippen LogP contribution in [0.25, 0.3) is 0 Å². The zero-order valence-electron chi connectivity index (χ0n) is 10.8. The molecule has 0 spiro atoms. The molecule has 3 N–H and O–H groups in total. The van der Waals surface area contributed by atoms with E-state index in [1.165, 1.54) is 0 Å². The van der Waals surface area contributed by atoms with Gasteiger partial charge in [0.1, 0.15) is 0 Å². The number of amides is 2. The number of para-hydroxylation sites is 1. The molecule has 1 aromatic rings. The number of carboxylic acids is 1. The molecule has 2 unspecified atom stereocenters. The van der Waals surface area contributed by atoms with Crippen LogP contribution in [0.1, 0.15) is 12.8 Å². The van der Waals surface area contributed by atoms with Crippen molar-refractivity contribution < 1.29 is 19.5 Å². The van der Waals surface area contributed by atoms with Gasteiger partial charge in [0.25, 0.3) is 0 Å². The van der Waals surface area contributed by atoms with Gasteiger partial charge in [0.05, 0.1) is 11.8 Å². The van der Waals surface area contributed by atoms with Crippen molar-refractivity contribution in [1.29, 1.82) is 0 Å². The van der Waals surface area contributed by atoms with E-state index in [1.54, 1.807) is 12.1 Å². The first-order valence-corrected chi connectivity index (χ1v) is 6.43. The van der Waals surface area contributed by atoms with E-state index >= 15 is 0 Å². The molecule has 106 valence electrons. The summed E-state index contributed by atoms with van der Waals surface area (Å²) in [5, 5.41) is 14.0. The second kappa shape index (κ2) is 6.18. The lowest BCUT2D eigenvalue weighted by Crippen LogP contribution is -2.29. The van der Waals surface area contributed by atoms with Crippen LogP contribution in [0.4, 0.5) is 5.69 Å². The molecule has 2 rings (SSSR count). The van der Waals surface area contributed by atoms with Gasteiger partial charge in [0.15, 0.2) is 0 Å². The summed E-state index contributed by atoms with van der Waals surface area (Å²) >= 11 is 0. The number of hydrogen-bond acceptors (Lipinski definition) is 3. The molecule has 2 atom stereocenters. The van der Waals surface area contributed by atoms with Crippen molar-refractivity contribution in [3.8, 4) is 0 Å². The van der Waals surface area contributed by atoms with Gasteiger partial charge in [-0.2, -0.15) is 0 Å². The molecule has 1 aliphatic carbocycles. The summed E-state index contributed by atoms with van der Waals surface area (Å²) in [6.07, 6.45) is 0.544. The normalized spacial score (nSPS) is 20.0. The van der Waals surface area contributed by atoms with Crippen LogP contribution in [-0.2, 0) is 14.4 Å². The average molecular weight is 276 g/mol. The molecular weight excluding hydrogens is 260 g/mol. The summed E-state index contributed by atoms with van der Waals surface area (Å²) < 4.78 is 0. The van der Waals surface area contributed by atoms with Gasteiger partial charge in [-0.3, -0.25) is 14.4 Å². The quantitative estimate of drug-likeness (QED) is 0.717. The molecule has 20 heavy (non-hydrogen) atoms. The van der Waals surface area contributed by atoms with Crippen molar-refractivity contribution in [2.75, 3.05) is 11.9 Å². The van der Waals surface area contributed by atoms with Crippen molar-refractivity contribution in [2.45, 2.75) is 12.8 Å². The molecule has 0 radical (unpaired) electrons. The highest BCUT2D eigenvalue weighted by atomic mass is 16.4. The number of anilines is 1. The monoisotopic (exact) mass is 276 g/mol. The van der Waals surface area contributed by atoms with E-state index in [-0.39, 0.29) is 24.8 Å². The summed E-state index contributed by atoms with van der Waals surface area (Å²) in [7, 11) is 0. The van der Waals surface area contributed by atoms with E-state index in [2.05, 4.69) is 10.6 Å². The van der Waals surface area contributed by atoms with E-state index in [0.29, 0.717) is 12.1 Å². The van der Waals surface area contributed by atoms with Gasteiger partial charge in [0.2, 0.25) is 11.8 Å². The largest absolute Gasteiger partial charge is 0.481 e. The van der Waals surface area contributed by atoms with Crippen molar-refractivity contribution in [2.24, 2.45) is 11.8 Å². The number of hydrogen-bond donors (Lipinski definition) is 3. The molecule has 6 heteroatoms. The highest BCUT2D eigenvalue weighted by molar-refractivity contribution is 5.92. The average Bonchev–Trinajstić information content (AvgIpc) is 3.20. The van der Waals surface area contributed by atoms with Gasteiger partial charge < -0.3 is 15.7 Å². The Morgan fingerprint density at radius 3 is 2.45 bits per heavy atom. The molecule has 6 nitrogen and oxygen atoms in total. The maximum atomic E-state index is 11.6. The number of aliphatic carboxylic acids is 1. The first kappa shape index (κ1) is 14.0. The van der Waals surface area contributed by atoms with Crippen molar-refractivity contribution in [3.05, 3.63) is 30.3 Å². The molecule has 2 amide bonds. The summed E-state index contributed by atoms with van der Waals surface area (Å²) in [6.45, 7) is 0.209. The third kappa shape index (κ3) is 3.81. The van der Waals surface area contributed by atoms with E-state index in [0.717, 1.165) is 0 Å². The van der Waals surface area contributed by atoms with Crippen LogP contribution in [-0.4, -0.2) is 29.4 Å². The Kier molecular flexibility index (Phi) is 4.34.